The predicted octanol–water partition coefficient (Wildman–Crippen LogP) is 5.35. The van der Waals surface area contributed by atoms with E-state index in [0.717, 1.165) is 38.5 Å². The summed E-state index contributed by atoms with van der Waals surface area (Å²) in [6.45, 7) is 11.0. The van der Waals surface area contributed by atoms with Crippen LogP contribution in [-0.2, 0) is 9.59 Å². The molecule has 162 valence electrons. The van der Waals surface area contributed by atoms with E-state index in [1.54, 1.807) is 11.8 Å². The van der Waals surface area contributed by atoms with Crippen molar-refractivity contribution in [3.63, 3.8) is 0 Å². The largest absolute Gasteiger partial charge is 0.381 e. The summed E-state index contributed by atoms with van der Waals surface area (Å²) in [5.41, 5.74) is 0.0569. The molecule has 0 radical (unpaired) electrons. The predicted molar refractivity (Wildman–Crippen MR) is 119 cm³/mol. The van der Waals surface area contributed by atoms with Gasteiger partial charge in [0.1, 0.15) is 5.60 Å². The fraction of sp³-hybridized carbons (Fsp3) is 0.840. The molecule has 3 saturated carbocycles. The Morgan fingerprint density at radius 3 is 2.48 bits per heavy atom. The Kier molecular flexibility index (Phi) is 5.18. The maximum Gasteiger partial charge on any atom is 0.174 e. The molecule has 0 aliphatic heterocycles. The number of carbonyl (C=O) groups is 2. The van der Waals surface area contributed by atoms with Crippen LogP contribution in [0.2, 0.25) is 0 Å². The van der Waals surface area contributed by atoms with Crippen LogP contribution < -0.4 is 0 Å². The van der Waals surface area contributed by atoms with Crippen LogP contribution in [0.15, 0.2) is 11.6 Å². The van der Waals surface area contributed by atoms with Crippen LogP contribution in [0.1, 0.15) is 86.0 Å². The average molecular weight is 419 g/mol. The van der Waals surface area contributed by atoms with E-state index >= 15 is 0 Å². The van der Waals surface area contributed by atoms with Gasteiger partial charge in [-0.25, -0.2) is 0 Å². The van der Waals surface area contributed by atoms with E-state index in [1.807, 2.05) is 6.08 Å². The van der Waals surface area contributed by atoms with Crippen molar-refractivity contribution in [3.8, 4) is 0 Å². The topological polar surface area (TPSA) is 54.4 Å². The minimum atomic E-state index is -1.17. The number of hydrogen-bond donors (Lipinski definition) is 1. The fourth-order valence-corrected chi connectivity index (χ4v) is 8.24. The van der Waals surface area contributed by atoms with Crippen LogP contribution in [0.4, 0.5) is 0 Å². The lowest BCUT2D eigenvalue weighted by Crippen LogP contribution is -2.58. The number of ketones is 2. The Labute approximate surface area is 180 Å². The van der Waals surface area contributed by atoms with Crippen molar-refractivity contribution in [1.29, 1.82) is 0 Å². The summed E-state index contributed by atoms with van der Waals surface area (Å²) < 4.78 is 0.0295. The summed E-state index contributed by atoms with van der Waals surface area (Å²) in [6.07, 6.45) is 9.33. The molecule has 0 bridgehead atoms. The van der Waals surface area contributed by atoms with Crippen LogP contribution in [-0.4, -0.2) is 32.8 Å². The lowest BCUT2D eigenvalue weighted by molar-refractivity contribution is -0.159. The molecule has 4 aliphatic rings. The molecule has 6 unspecified atom stereocenters. The van der Waals surface area contributed by atoms with Gasteiger partial charge in [0, 0.05) is 16.6 Å². The van der Waals surface area contributed by atoms with E-state index in [2.05, 4.69) is 34.6 Å². The lowest BCUT2D eigenvalue weighted by atomic mass is 9.46. The third kappa shape index (κ3) is 3.28. The van der Waals surface area contributed by atoms with Gasteiger partial charge in [-0.05, 0) is 74.2 Å². The molecule has 1 N–H and O–H groups in total. The van der Waals surface area contributed by atoms with E-state index in [-0.39, 0.29) is 21.4 Å². The van der Waals surface area contributed by atoms with Gasteiger partial charge in [-0.1, -0.05) is 40.2 Å². The van der Waals surface area contributed by atoms with Gasteiger partial charge in [-0.15, -0.1) is 11.8 Å². The molecule has 3 nitrogen and oxygen atoms in total. The zero-order valence-electron chi connectivity index (χ0n) is 18.8. The summed E-state index contributed by atoms with van der Waals surface area (Å²) in [4.78, 5) is 25.2. The molecular weight excluding hydrogens is 380 g/mol. The van der Waals surface area contributed by atoms with Gasteiger partial charge < -0.3 is 5.11 Å². The molecule has 0 aromatic heterocycles. The van der Waals surface area contributed by atoms with Gasteiger partial charge in [0.25, 0.3) is 0 Å². The van der Waals surface area contributed by atoms with Crippen molar-refractivity contribution in [1.82, 2.24) is 0 Å². The Balaban J connectivity index is 1.58. The van der Waals surface area contributed by atoms with Gasteiger partial charge in [-0.3, -0.25) is 9.59 Å². The summed E-state index contributed by atoms with van der Waals surface area (Å²) in [7, 11) is 0. The monoisotopic (exact) mass is 418 g/mol. The van der Waals surface area contributed by atoms with Crippen LogP contribution in [0.3, 0.4) is 0 Å². The number of Topliss-reactive ketones (excluding diaryl/α,β-unsaturated/α-hetero) is 1. The zero-order valence-corrected chi connectivity index (χ0v) is 19.7. The molecule has 0 aromatic carbocycles. The normalized spacial score (nSPS) is 44.6. The van der Waals surface area contributed by atoms with Gasteiger partial charge >= 0.3 is 0 Å². The molecule has 3 fully saturated rings. The van der Waals surface area contributed by atoms with E-state index in [0.29, 0.717) is 42.1 Å². The Hall–Kier alpha value is -0.610. The van der Waals surface area contributed by atoms with E-state index in [4.69, 9.17) is 0 Å². The highest BCUT2D eigenvalue weighted by atomic mass is 32.2. The SMILES string of the molecule is CC(C)(C)SCC(=O)C1(O)CCC2C3CCC4=CC(=O)CCC4(C)C3CCC21C. The van der Waals surface area contributed by atoms with Gasteiger partial charge in [0.15, 0.2) is 11.6 Å². The summed E-state index contributed by atoms with van der Waals surface area (Å²) >= 11 is 1.65. The number of allylic oxidation sites excluding steroid dienone is 1. The number of thioether (sulfide) groups is 1. The number of carbonyl (C=O) groups excluding carboxylic acids is 2. The average Bonchev–Trinajstić information content (AvgIpc) is 2.92. The molecular formula is C25H38O3S. The van der Waals surface area contributed by atoms with Gasteiger partial charge in [0.05, 0.1) is 5.75 Å². The maximum atomic E-state index is 13.2. The van der Waals surface area contributed by atoms with E-state index in [1.165, 1.54) is 5.57 Å². The summed E-state index contributed by atoms with van der Waals surface area (Å²) in [6, 6.07) is 0. The van der Waals surface area contributed by atoms with Crippen molar-refractivity contribution in [3.05, 3.63) is 11.6 Å². The van der Waals surface area contributed by atoms with Crippen molar-refractivity contribution >= 4 is 23.3 Å². The third-order valence-corrected chi connectivity index (χ3v) is 10.5. The minimum absolute atomic E-state index is 0.0295. The van der Waals surface area contributed by atoms with Crippen LogP contribution in [0.25, 0.3) is 0 Å². The smallest absolute Gasteiger partial charge is 0.174 e. The molecule has 29 heavy (non-hydrogen) atoms. The first-order valence-corrected chi connectivity index (χ1v) is 12.5. The quantitative estimate of drug-likeness (QED) is 0.671. The highest BCUT2D eigenvalue weighted by molar-refractivity contribution is 8.01. The van der Waals surface area contributed by atoms with Gasteiger partial charge in [0.2, 0.25) is 0 Å². The number of hydrogen-bond acceptors (Lipinski definition) is 4. The van der Waals surface area contributed by atoms with Crippen molar-refractivity contribution in [2.24, 2.45) is 28.6 Å². The van der Waals surface area contributed by atoms with E-state index in [9.17, 15) is 14.7 Å². The molecule has 0 spiro atoms. The molecule has 0 heterocycles. The first-order chi connectivity index (χ1) is 13.4. The van der Waals surface area contributed by atoms with E-state index < -0.39 is 5.60 Å². The van der Waals surface area contributed by atoms with Crippen LogP contribution in [0, 0.1) is 28.6 Å². The zero-order chi connectivity index (χ0) is 21.2. The second kappa shape index (κ2) is 6.95. The lowest BCUT2D eigenvalue weighted by Gasteiger charge is -2.58. The molecule has 4 heteroatoms. The molecule has 0 saturated heterocycles. The van der Waals surface area contributed by atoms with Gasteiger partial charge in [-0.2, -0.15) is 0 Å². The molecule has 4 rings (SSSR count). The first kappa shape index (κ1) is 21.6. The van der Waals surface area contributed by atoms with Crippen molar-refractivity contribution in [2.45, 2.75) is 96.3 Å². The van der Waals surface area contributed by atoms with Crippen molar-refractivity contribution in [2.75, 3.05) is 5.75 Å². The maximum absolute atomic E-state index is 13.2. The van der Waals surface area contributed by atoms with Crippen LogP contribution >= 0.6 is 11.8 Å². The Morgan fingerprint density at radius 2 is 1.79 bits per heavy atom. The highest BCUT2D eigenvalue weighted by Gasteiger charge is 2.66. The molecule has 6 atom stereocenters. The Bertz CT molecular complexity index is 750. The number of fused-ring (bicyclic) bond motifs is 5. The van der Waals surface area contributed by atoms with Crippen molar-refractivity contribution < 1.29 is 14.7 Å². The minimum Gasteiger partial charge on any atom is -0.381 e. The summed E-state index contributed by atoms with van der Waals surface area (Å²) in [5.74, 6) is 2.34. The fourth-order valence-electron chi connectivity index (χ4n) is 7.43. The second-order valence-electron chi connectivity index (χ2n) is 11.6. The molecule has 0 aromatic rings. The highest BCUT2D eigenvalue weighted by Crippen LogP contribution is 2.67. The molecule has 0 amide bonds. The second-order valence-corrected chi connectivity index (χ2v) is 13.5. The standard InChI is InChI=1S/C25H38O3S/c1-22(2,3)29-15-21(27)25(28)13-10-20-18-7-6-16-14-17(26)8-11-23(16,4)19(18)9-12-24(20,25)5/h14,18-20,28H,6-13,15H2,1-5H3. The van der Waals surface area contributed by atoms with Crippen LogP contribution in [0.5, 0.6) is 0 Å². The number of aliphatic hydroxyl groups is 1. The third-order valence-electron chi connectivity index (χ3n) is 9.21. The summed E-state index contributed by atoms with van der Waals surface area (Å²) in [5, 5.41) is 11.7. The number of rotatable bonds is 3. The molecule has 4 aliphatic carbocycles. The Morgan fingerprint density at radius 1 is 1.10 bits per heavy atom. The first-order valence-electron chi connectivity index (χ1n) is 11.5.